The highest BCUT2D eigenvalue weighted by Gasteiger charge is 2.15. The summed E-state index contributed by atoms with van der Waals surface area (Å²) in [6, 6.07) is 3.46. The molecule has 2 aromatic heterocycles. The lowest BCUT2D eigenvalue weighted by atomic mass is 10.3. The van der Waals surface area contributed by atoms with Gasteiger partial charge in [0.2, 0.25) is 0 Å². The minimum Gasteiger partial charge on any atom is -0.395 e. The number of carbonyl (C=O) groups is 1. The highest BCUT2D eigenvalue weighted by Crippen LogP contribution is 2.15. The van der Waals surface area contributed by atoms with Crippen molar-refractivity contribution in [2.24, 2.45) is 0 Å². The molecule has 88 valence electrons. The Bertz CT molecular complexity index is 548. The average Bonchev–Trinajstić information content (AvgIpc) is 2.63. The molecule has 0 saturated carbocycles. The minimum atomic E-state index is -0.387. The Kier molecular flexibility index (Phi) is 3.10. The molecule has 17 heavy (non-hydrogen) atoms. The molecule has 0 spiro atoms. The van der Waals surface area contributed by atoms with E-state index in [0.29, 0.717) is 17.2 Å². The van der Waals surface area contributed by atoms with E-state index in [1.807, 2.05) is 0 Å². The van der Waals surface area contributed by atoms with E-state index in [1.54, 1.807) is 25.3 Å². The fourth-order valence-electron chi connectivity index (χ4n) is 1.24. The third-order valence-electron chi connectivity index (χ3n) is 2.18. The van der Waals surface area contributed by atoms with Crippen molar-refractivity contribution in [2.75, 3.05) is 11.1 Å². The average molecular weight is 296 g/mol. The molecule has 0 radical (unpaired) electrons. The summed E-state index contributed by atoms with van der Waals surface area (Å²) in [5, 5.41) is 9.09. The van der Waals surface area contributed by atoms with Crippen molar-refractivity contribution < 1.29 is 4.79 Å². The third kappa shape index (κ3) is 2.44. The number of nitrogens with two attached hydrogens (primary N) is 1. The first kappa shape index (κ1) is 11.6. The number of pyridine rings is 1. The standard InChI is InChI=1S/C10H10BrN5O/c1-5-8(12)9(16-15-5)10(17)14-7-3-2-6(11)4-13-7/h2-4H,12H2,1H3,(H,15,16)(H,13,14,17). The normalized spacial score (nSPS) is 10.2. The largest absolute Gasteiger partial charge is 0.395 e. The molecule has 1 amide bonds. The van der Waals surface area contributed by atoms with Crippen molar-refractivity contribution >= 4 is 33.3 Å². The zero-order valence-electron chi connectivity index (χ0n) is 8.99. The molecule has 0 saturated heterocycles. The van der Waals surface area contributed by atoms with Gasteiger partial charge in [-0.3, -0.25) is 9.89 Å². The van der Waals surface area contributed by atoms with Crippen molar-refractivity contribution in [3.8, 4) is 0 Å². The number of halogens is 1. The number of carbonyl (C=O) groups excluding carboxylic acids is 1. The fraction of sp³-hybridized carbons (Fsp3) is 0.100. The minimum absolute atomic E-state index is 0.173. The molecule has 7 heteroatoms. The lowest BCUT2D eigenvalue weighted by molar-refractivity contribution is 0.102. The molecular formula is C10H10BrN5O. The molecule has 0 aliphatic heterocycles. The molecule has 0 bridgehead atoms. The predicted molar refractivity (Wildman–Crippen MR) is 67.6 cm³/mol. The van der Waals surface area contributed by atoms with Gasteiger partial charge in [-0.05, 0) is 35.0 Å². The highest BCUT2D eigenvalue weighted by atomic mass is 79.9. The molecular weight excluding hydrogens is 286 g/mol. The first-order chi connectivity index (χ1) is 8.08. The monoisotopic (exact) mass is 295 g/mol. The van der Waals surface area contributed by atoms with Crippen LogP contribution < -0.4 is 11.1 Å². The summed E-state index contributed by atoms with van der Waals surface area (Å²) in [6.07, 6.45) is 1.59. The molecule has 0 atom stereocenters. The van der Waals surface area contributed by atoms with Gasteiger partial charge in [0, 0.05) is 10.7 Å². The van der Waals surface area contributed by atoms with Gasteiger partial charge in [0.15, 0.2) is 5.69 Å². The Morgan fingerprint density at radius 1 is 1.53 bits per heavy atom. The lowest BCUT2D eigenvalue weighted by Gasteiger charge is -2.02. The second-order valence-electron chi connectivity index (χ2n) is 3.43. The Labute approximate surface area is 106 Å². The number of nitrogens with zero attached hydrogens (tertiary/aromatic N) is 2. The number of H-pyrrole nitrogens is 1. The molecule has 6 nitrogen and oxygen atoms in total. The van der Waals surface area contributed by atoms with Gasteiger partial charge in [-0.1, -0.05) is 0 Å². The number of rotatable bonds is 2. The van der Waals surface area contributed by atoms with E-state index in [9.17, 15) is 4.79 Å². The maximum absolute atomic E-state index is 11.8. The Morgan fingerprint density at radius 3 is 2.82 bits per heavy atom. The van der Waals surface area contributed by atoms with Crippen molar-refractivity contribution in [3.63, 3.8) is 0 Å². The maximum Gasteiger partial charge on any atom is 0.279 e. The number of hydrogen-bond donors (Lipinski definition) is 3. The number of aromatic nitrogens is 3. The number of nitrogen functional groups attached to an aromatic ring is 1. The van der Waals surface area contributed by atoms with Crippen LogP contribution in [0.4, 0.5) is 11.5 Å². The zero-order valence-corrected chi connectivity index (χ0v) is 10.6. The molecule has 2 aromatic rings. The lowest BCUT2D eigenvalue weighted by Crippen LogP contribution is -2.15. The van der Waals surface area contributed by atoms with E-state index in [0.717, 1.165) is 4.47 Å². The van der Waals surface area contributed by atoms with Gasteiger partial charge in [-0.15, -0.1) is 0 Å². The maximum atomic E-state index is 11.8. The van der Waals surface area contributed by atoms with Crippen LogP contribution in [0.3, 0.4) is 0 Å². The molecule has 2 heterocycles. The number of nitrogens with one attached hydrogen (secondary N) is 2. The number of hydrogen-bond acceptors (Lipinski definition) is 4. The van der Waals surface area contributed by atoms with Crippen LogP contribution >= 0.6 is 15.9 Å². The van der Waals surface area contributed by atoms with E-state index in [4.69, 9.17) is 5.73 Å². The summed E-state index contributed by atoms with van der Waals surface area (Å²) < 4.78 is 0.839. The summed E-state index contributed by atoms with van der Waals surface area (Å²) in [7, 11) is 0. The van der Waals surface area contributed by atoms with Gasteiger partial charge in [-0.2, -0.15) is 5.10 Å². The quantitative estimate of drug-likeness (QED) is 0.786. The second-order valence-corrected chi connectivity index (χ2v) is 4.34. The van der Waals surface area contributed by atoms with E-state index in [2.05, 4.69) is 36.4 Å². The SMILES string of the molecule is Cc1[nH]nc(C(=O)Nc2ccc(Br)cn2)c1N. The van der Waals surface area contributed by atoms with Crippen molar-refractivity contribution in [1.82, 2.24) is 15.2 Å². The van der Waals surface area contributed by atoms with Gasteiger partial charge in [0.25, 0.3) is 5.91 Å². The van der Waals surface area contributed by atoms with Crippen molar-refractivity contribution in [3.05, 3.63) is 34.2 Å². The van der Waals surface area contributed by atoms with E-state index in [-0.39, 0.29) is 11.6 Å². The summed E-state index contributed by atoms with van der Waals surface area (Å²) in [6.45, 7) is 1.75. The van der Waals surface area contributed by atoms with Gasteiger partial charge < -0.3 is 11.1 Å². The smallest absolute Gasteiger partial charge is 0.279 e. The number of aromatic amines is 1. The Hall–Kier alpha value is -1.89. The van der Waals surface area contributed by atoms with Crippen molar-refractivity contribution in [2.45, 2.75) is 6.92 Å². The highest BCUT2D eigenvalue weighted by molar-refractivity contribution is 9.10. The first-order valence-electron chi connectivity index (χ1n) is 4.81. The van der Waals surface area contributed by atoms with Gasteiger partial charge in [-0.25, -0.2) is 4.98 Å². The van der Waals surface area contributed by atoms with Crippen LogP contribution in [0.15, 0.2) is 22.8 Å². The van der Waals surface area contributed by atoms with Gasteiger partial charge >= 0.3 is 0 Å². The molecule has 2 rings (SSSR count). The first-order valence-corrected chi connectivity index (χ1v) is 5.60. The molecule has 0 aromatic carbocycles. The number of amides is 1. The molecule has 0 aliphatic carbocycles. The molecule has 4 N–H and O–H groups in total. The number of aryl methyl sites for hydroxylation is 1. The molecule has 0 fully saturated rings. The predicted octanol–water partition coefficient (Wildman–Crippen LogP) is 1.71. The Morgan fingerprint density at radius 2 is 2.29 bits per heavy atom. The van der Waals surface area contributed by atoms with Crippen LogP contribution in [0, 0.1) is 6.92 Å². The Balaban J connectivity index is 2.17. The van der Waals surface area contributed by atoms with Gasteiger partial charge in [0.1, 0.15) is 5.82 Å². The van der Waals surface area contributed by atoms with E-state index < -0.39 is 0 Å². The molecule has 0 aliphatic rings. The van der Waals surface area contributed by atoms with E-state index >= 15 is 0 Å². The fourth-order valence-corrected chi connectivity index (χ4v) is 1.47. The van der Waals surface area contributed by atoms with Gasteiger partial charge in [0.05, 0.1) is 11.4 Å². The van der Waals surface area contributed by atoms with Crippen LogP contribution in [-0.4, -0.2) is 21.1 Å². The molecule has 0 unspecified atom stereocenters. The zero-order chi connectivity index (χ0) is 12.4. The summed E-state index contributed by atoms with van der Waals surface area (Å²) in [5.41, 5.74) is 6.88. The van der Waals surface area contributed by atoms with Crippen LogP contribution in [0.5, 0.6) is 0 Å². The summed E-state index contributed by atoms with van der Waals surface area (Å²) in [5.74, 6) is 0.0555. The summed E-state index contributed by atoms with van der Waals surface area (Å²) >= 11 is 3.26. The van der Waals surface area contributed by atoms with Crippen molar-refractivity contribution in [1.29, 1.82) is 0 Å². The second kappa shape index (κ2) is 4.54. The van der Waals surface area contributed by atoms with Crippen LogP contribution in [0.25, 0.3) is 0 Å². The number of anilines is 2. The topological polar surface area (TPSA) is 96.7 Å². The van der Waals surface area contributed by atoms with Crippen LogP contribution in [-0.2, 0) is 0 Å². The van der Waals surface area contributed by atoms with Crippen LogP contribution in [0.1, 0.15) is 16.2 Å². The van der Waals surface area contributed by atoms with Crippen LogP contribution in [0.2, 0.25) is 0 Å². The third-order valence-corrected chi connectivity index (χ3v) is 2.65. The van der Waals surface area contributed by atoms with E-state index in [1.165, 1.54) is 0 Å². The summed E-state index contributed by atoms with van der Waals surface area (Å²) in [4.78, 5) is 15.8.